The van der Waals surface area contributed by atoms with Crippen LogP contribution < -0.4 is 5.73 Å². The van der Waals surface area contributed by atoms with Crippen LogP contribution >= 0.6 is 12.4 Å². The molecule has 0 spiro atoms. The van der Waals surface area contributed by atoms with Crippen molar-refractivity contribution in [2.45, 2.75) is 70.9 Å². The van der Waals surface area contributed by atoms with E-state index in [1.807, 2.05) is 0 Å². The van der Waals surface area contributed by atoms with Crippen LogP contribution in [0.2, 0.25) is 0 Å². The van der Waals surface area contributed by atoms with Gasteiger partial charge in [0, 0.05) is 36.0 Å². The van der Waals surface area contributed by atoms with Crippen molar-refractivity contribution in [2.24, 2.45) is 11.7 Å². The molecule has 1 aromatic rings. The summed E-state index contributed by atoms with van der Waals surface area (Å²) in [6, 6.07) is 2.57. The van der Waals surface area contributed by atoms with E-state index in [1.54, 1.807) is 0 Å². The van der Waals surface area contributed by atoms with Gasteiger partial charge in [-0.3, -0.25) is 4.79 Å². The molecule has 0 amide bonds. The fraction of sp³-hybridized carbons (Fsp3) is 0.706. The number of nitrogens with zero attached hydrogens (tertiary/aromatic N) is 1. The Morgan fingerprint density at radius 3 is 2.62 bits per heavy atom. The summed E-state index contributed by atoms with van der Waals surface area (Å²) in [5.41, 5.74) is 9.68. The van der Waals surface area contributed by atoms with E-state index in [1.165, 1.54) is 24.2 Å². The molecule has 0 unspecified atom stereocenters. The number of aryl methyl sites for hydroxylation is 1. The van der Waals surface area contributed by atoms with Crippen molar-refractivity contribution < 1.29 is 4.79 Å². The predicted octanol–water partition coefficient (Wildman–Crippen LogP) is 3.51. The van der Waals surface area contributed by atoms with Gasteiger partial charge in [-0.1, -0.05) is 6.92 Å². The molecule has 3 nitrogen and oxygen atoms in total. The average molecular weight is 311 g/mol. The van der Waals surface area contributed by atoms with Gasteiger partial charge in [0.1, 0.15) is 0 Å². The number of ketones is 1. The monoisotopic (exact) mass is 310 g/mol. The molecule has 0 aromatic carbocycles. The van der Waals surface area contributed by atoms with Crippen LogP contribution in [0.25, 0.3) is 0 Å². The minimum Gasteiger partial charge on any atom is -0.348 e. The average Bonchev–Trinajstić information content (AvgIpc) is 2.81. The molecule has 1 aromatic heterocycles. The summed E-state index contributed by atoms with van der Waals surface area (Å²) in [7, 11) is 0. The van der Waals surface area contributed by atoms with Gasteiger partial charge >= 0.3 is 0 Å². The summed E-state index contributed by atoms with van der Waals surface area (Å²) >= 11 is 0. The van der Waals surface area contributed by atoms with Gasteiger partial charge in [-0.05, 0) is 56.9 Å². The maximum absolute atomic E-state index is 12.1. The van der Waals surface area contributed by atoms with E-state index >= 15 is 0 Å². The molecule has 0 saturated heterocycles. The van der Waals surface area contributed by atoms with E-state index in [0.29, 0.717) is 11.8 Å². The summed E-state index contributed by atoms with van der Waals surface area (Å²) in [4.78, 5) is 12.1. The zero-order valence-electron chi connectivity index (χ0n) is 12.9. The quantitative estimate of drug-likeness (QED) is 0.928. The maximum atomic E-state index is 12.1. The standard InChI is InChI=1S/C17H26N2O.ClH/c1-2-14-10-15-16(4-3-5-17(15)20)19(14)11-12-6-8-13(18)9-7-12;/h10,12-13H,2-9,11,18H2,1H3;1H/t12-,13-;. The lowest BCUT2D eigenvalue weighted by Crippen LogP contribution is -2.29. The summed E-state index contributed by atoms with van der Waals surface area (Å²) in [6.07, 6.45) is 8.66. The van der Waals surface area contributed by atoms with Gasteiger partial charge in [-0.2, -0.15) is 0 Å². The minimum absolute atomic E-state index is 0. The van der Waals surface area contributed by atoms with Crippen molar-refractivity contribution in [3.05, 3.63) is 23.0 Å². The highest BCUT2D eigenvalue weighted by molar-refractivity contribution is 5.98. The van der Waals surface area contributed by atoms with E-state index in [9.17, 15) is 4.79 Å². The number of Topliss-reactive ketones (excluding diaryl/α,β-unsaturated/α-hetero) is 1. The van der Waals surface area contributed by atoms with Gasteiger partial charge in [0.2, 0.25) is 0 Å². The molecule has 1 heterocycles. The van der Waals surface area contributed by atoms with Crippen molar-refractivity contribution in [1.82, 2.24) is 4.57 Å². The molecule has 0 aliphatic heterocycles. The Kier molecular flexibility index (Phi) is 5.50. The number of nitrogens with two attached hydrogens (primary N) is 1. The highest BCUT2D eigenvalue weighted by Gasteiger charge is 2.26. The molecule has 2 aliphatic carbocycles. The zero-order valence-corrected chi connectivity index (χ0v) is 13.8. The van der Waals surface area contributed by atoms with Crippen molar-refractivity contribution in [3.63, 3.8) is 0 Å². The topological polar surface area (TPSA) is 48.0 Å². The Labute approximate surface area is 133 Å². The first-order valence-electron chi connectivity index (χ1n) is 8.19. The molecule has 2 aliphatic rings. The Bertz CT molecular complexity index is 501. The molecular formula is C17H27ClN2O. The van der Waals surface area contributed by atoms with E-state index in [-0.39, 0.29) is 12.4 Å². The molecule has 0 bridgehead atoms. The second-order valence-electron chi connectivity index (χ2n) is 6.52. The molecule has 118 valence electrons. The second-order valence-corrected chi connectivity index (χ2v) is 6.52. The van der Waals surface area contributed by atoms with Crippen LogP contribution in [0, 0.1) is 5.92 Å². The van der Waals surface area contributed by atoms with Gasteiger partial charge in [0.25, 0.3) is 0 Å². The Morgan fingerprint density at radius 2 is 1.95 bits per heavy atom. The van der Waals surface area contributed by atoms with E-state index in [0.717, 1.165) is 56.6 Å². The van der Waals surface area contributed by atoms with Gasteiger partial charge in [-0.15, -0.1) is 12.4 Å². The van der Waals surface area contributed by atoms with Crippen molar-refractivity contribution in [1.29, 1.82) is 0 Å². The van der Waals surface area contributed by atoms with Gasteiger partial charge in [-0.25, -0.2) is 0 Å². The molecule has 4 heteroatoms. The summed E-state index contributed by atoms with van der Waals surface area (Å²) in [5.74, 6) is 1.10. The third-order valence-electron chi connectivity index (χ3n) is 5.11. The summed E-state index contributed by atoms with van der Waals surface area (Å²) < 4.78 is 2.47. The highest BCUT2D eigenvalue weighted by atomic mass is 35.5. The lowest BCUT2D eigenvalue weighted by Gasteiger charge is -2.28. The van der Waals surface area contributed by atoms with Gasteiger partial charge in [0.15, 0.2) is 5.78 Å². The predicted molar refractivity (Wildman–Crippen MR) is 88.3 cm³/mol. The van der Waals surface area contributed by atoms with Gasteiger partial charge < -0.3 is 10.3 Å². The molecule has 21 heavy (non-hydrogen) atoms. The first-order chi connectivity index (χ1) is 9.69. The smallest absolute Gasteiger partial charge is 0.164 e. The van der Waals surface area contributed by atoms with Crippen molar-refractivity contribution >= 4 is 18.2 Å². The van der Waals surface area contributed by atoms with Crippen molar-refractivity contribution in [2.75, 3.05) is 0 Å². The van der Waals surface area contributed by atoms with Crippen LogP contribution in [0.3, 0.4) is 0 Å². The Balaban J connectivity index is 0.00000161. The lowest BCUT2D eigenvalue weighted by molar-refractivity contribution is 0.0971. The van der Waals surface area contributed by atoms with Crippen LogP contribution in [-0.2, 0) is 19.4 Å². The maximum Gasteiger partial charge on any atom is 0.164 e. The number of fused-ring (bicyclic) bond motifs is 1. The number of carbonyl (C=O) groups excluding carboxylic acids is 1. The summed E-state index contributed by atoms with van der Waals surface area (Å²) in [5, 5.41) is 0. The minimum atomic E-state index is 0. The number of hydrogen-bond acceptors (Lipinski definition) is 2. The molecule has 3 rings (SSSR count). The molecule has 1 fully saturated rings. The number of halogens is 1. The van der Waals surface area contributed by atoms with Crippen molar-refractivity contribution in [3.8, 4) is 0 Å². The normalized spacial score (nSPS) is 25.3. The third-order valence-corrected chi connectivity index (χ3v) is 5.11. The van der Waals surface area contributed by atoms with Crippen LogP contribution in [0.1, 0.15) is 67.2 Å². The zero-order chi connectivity index (χ0) is 14.1. The van der Waals surface area contributed by atoms with E-state index in [2.05, 4.69) is 17.6 Å². The van der Waals surface area contributed by atoms with Crippen LogP contribution in [-0.4, -0.2) is 16.4 Å². The fourth-order valence-corrected chi connectivity index (χ4v) is 3.86. The van der Waals surface area contributed by atoms with Crippen LogP contribution in [0.15, 0.2) is 6.07 Å². The molecule has 2 N–H and O–H groups in total. The molecule has 1 saturated carbocycles. The molecular weight excluding hydrogens is 284 g/mol. The second kappa shape index (κ2) is 6.97. The van der Waals surface area contributed by atoms with E-state index < -0.39 is 0 Å². The first kappa shape index (κ1) is 16.6. The first-order valence-corrected chi connectivity index (χ1v) is 8.19. The number of carbonyl (C=O) groups is 1. The van der Waals surface area contributed by atoms with E-state index in [4.69, 9.17) is 5.73 Å². The number of rotatable bonds is 3. The third kappa shape index (κ3) is 3.35. The highest BCUT2D eigenvalue weighted by Crippen LogP contribution is 2.30. The van der Waals surface area contributed by atoms with Crippen LogP contribution in [0.5, 0.6) is 0 Å². The Hall–Kier alpha value is -0.800. The van der Waals surface area contributed by atoms with Gasteiger partial charge in [0.05, 0.1) is 0 Å². The summed E-state index contributed by atoms with van der Waals surface area (Å²) in [6.45, 7) is 3.29. The molecule has 0 radical (unpaired) electrons. The Morgan fingerprint density at radius 1 is 1.24 bits per heavy atom. The number of aromatic nitrogens is 1. The largest absolute Gasteiger partial charge is 0.348 e. The number of hydrogen-bond donors (Lipinski definition) is 1. The SMILES string of the molecule is CCc1cc2c(n1C[C@H]1CC[C@H](N)CC1)CCCC2=O.Cl. The van der Waals surface area contributed by atoms with Crippen LogP contribution in [0.4, 0.5) is 0 Å². The fourth-order valence-electron chi connectivity index (χ4n) is 3.86. The molecule has 0 atom stereocenters. The lowest BCUT2D eigenvalue weighted by atomic mass is 9.86.